The fraction of sp³-hybridized carbons (Fsp3) is 0.250. The molecule has 0 amide bonds. The molecule has 0 atom stereocenters. The van der Waals surface area contributed by atoms with E-state index >= 15 is 0 Å². The van der Waals surface area contributed by atoms with Gasteiger partial charge in [0.15, 0.2) is 22.8 Å². The van der Waals surface area contributed by atoms with Crippen molar-refractivity contribution in [3.8, 4) is 5.75 Å². The number of ether oxygens (including phenoxy) is 1. The summed E-state index contributed by atoms with van der Waals surface area (Å²) in [5.74, 6) is 2.46. The van der Waals surface area contributed by atoms with E-state index in [1.165, 1.54) is 0 Å². The first-order valence-corrected chi connectivity index (χ1v) is 9.40. The third-order valence-electron chi connectivity index (χ3n) is 4.19. The molecule has 0 aliphatic heterocycles. The summed E-state index contributed by atoms with van der Waals surface area (Å²) >= 11 is 0. The largest absolute Gasteiger partial charge is 0.492 e. The van der Waals surface area contributed by atoms with Gasteiger partial charge in [0.05, 0.1) is 19.1 Å². The Morgan fingerprint density at radius 3 is 2.69 bits per heavy atom. The van der Waals surface area contributed by atoms with Crippen LogP contribution in [-0.4, -0.2) is 42.6 Å². The molecule has 0 aliphatic rings. The van der Waals surface area contributed by atoms with Gasteiger partial charge < -0.3 is 19.9 Å². The lowest BCUT2D eigenvalue weighted by Crippen LogP contribution is -2.14. The van der Waals surface area contributed by atoms with Crippen molar-refractivity contribution >= 4 is 28.7 Å². The number of anilines is 3. The number of fused-ring (bicyclic) bond motifs is 1. The minimum Gasteiger partial charge on any atom is -0.492 e. The molecule has 29 heavy (non-hydrogen) atoms. The summed E-state index contributed by atoms with van der Waals surface area (Å²) in [7, 11) is 0. The van der Waals surface area contributed by atoms with E-state index in [1.807, 2.05) is 34.9 Å². The van der Waals surface area contributed by atoms with Crippen molar-refractivity contribution in [3.63, 3.8) is 0 Å². The van der Waals surface area contributed by atoms with Gasteiger partial charge in [-0.25, -0.2) is 9.97 Å². The fourth-order valence-corrected chi connectivity index (χ4v) is 2.81. The summed E-state index contributed by atoms with van der Waals surface area (Å²) in [4.78, 5) is 22.0. The van der Waals surface area contributed by atoms with Gasteiger partial charge in [-0.1, -0.05) is 18.2 Å². The SMILES string of the molecule is CC(C)n1cnc2c(NCCOc3ccccc3)nc(Nc3cnccn3)nc21. The highest BCUT2D eigenvalue weighted by molar-refractivity contribution is 5.84. The van der Waals surface area contributed by atoms with Crippen LogP contribution in [0.3, 0.4) is 0 Å². The zero-order chi connectivity index (χ0) is 20.1. The molecule has 0 aliphatic carbocycles. The molecule has 0 unspecified atom stereocenters. The summed E-state index contributed by atoms with van der Waals surface area (Å²) in [6.07, 6.45) is 6.62. The standard InChI is InChI=1S/C20H22N8O/c1-14(2)28-13-24-17-18(23-10-11-29-15-6-4-3-5-7-15)26-20(27-19(17)28)25-16-12-21-8-9-22-16/h3-9,12-14H,10-11H2,1-2H3,(H2,22,23,25,26,27). The molecule has 0 saturated heterocycles. The van der Waals surface area contributed by atoms with Gasteiger partial charge in [0.2, 0.25) is 5.95 Å². The van der Waals surface area contributed by atoms with Gasteiger partial charge in [-0.05, 0) is 26.0 Å². The molecule has 0 fully saturated rings. The molecule has 9 nitrogen and oxygen atoms in total. The van der Waals surface area contributed by atoms with Gasteiger partial charge in [-0.15, -0.1) is 0 Å². The second kappa shape index (κ2) is 8.51. The van der Waals surface area contributed by atoms with Crippen LogP contribution in [0.4, 0.5) is 17.6 Å². The Labute approximate surface area is 168 Å². The molecule has 9 heteroatoms. The van der Waals surface area contributed by atoms with Crippen molar-refractivity contribution < 1.29 is 4.74 Å². The van der Waals surface area contributed by atoms with Crippen LogP contribution in [0.2, 0.25) is 0 Å². The first-order chi connectivity index (χ1) is 14.2. The van der Waals surface area contributed by atoms with Crippen molar-refractivity contribution in [3.05, 3.63) is 55.2 Å². The number of nitrogens with one attached hydrogen (secondary N) is 2. The minimum atomic E-state index is 0.216. The maximum absolute atomic E-state index is 5.74. The van der Waals surface area contributed by atoms with Crippen LogP contribution in [0.25, 0.3) is 11.2 Å². The average Bonchev–Trinajstić information content (AvgIpc) is 3.17. The normalized spacial score (nSPS) is 11.0. The number of hydrogen-bond donors (Lipinski definition) is 2. The van der Waals surface area contributed by atoms with Gasteiger partial charge in [0.1, 0.15) is 12.4 Å². The predicted molar refractivity (Wildman–Crippen MR) is 111 cm³/mol. The lowest BCUT2D eigenvalue weighted by atomic mass is 10.3. The van der Waals surface area contributed by atoms with E-state index in [1.54, 1.807) is 24.9 Å². The lowest BCUT2D eigenvalue weighted by molar-refractivity contribution is 0.333. The van der Waals surface area contributed by atoms with Crippen molar-refractivity contribution in [2.24, 2.45) is 0 Å². The highest BCUT2D eigenvalue weighted by atomic mass is 16.5. The number of imidazole rings is 1. The van der Waals surface area contributed by atoms with E-state index in [0.29, 0.717) is 36.3 Å². The summed E-state index contributed by atoms with van der Waals surface area (Å²) in [6.45, 7) is 5.23. The first kappa shape index (κ1) is 18.6. The Kier molecular flexibility index (Phi) is 5.46. The lowest BCUT2D eigenvalue weighted by Gasteiger charge is -2.12. The number of para-hydroxylation sites is 1. The monoisotopic (exact) mass is 390 g/mol. The molecule has 3 heterocycles. The Balaban J connectivity index is 1.55. The second-order valence-corrected chi connectivity index (χ2v) is 6.62. The summed E-state index contributed by atoms with van der Waals surface area (Å²) in [5.41, 5.74) is 1.45. The summed E-state index contributed by atoms with van der Waals surface area (Å²) in [5, 5.41) is 6.41. The van der Waals surface area contributed by atoms with Crippen molar-refractivity contribution in [1.29, 1.82) is 0 Å². The Bertz CT molecular complexity index is 1070. The van der Waals surface area contributed by atoms with Crippen LogP contribution in [-0.2, 0) is 0 Å². The predicted octanol–water partition coefficient (Wildman–Crippen LogP) is 3.43. The molecule has 2 N–H and O–H groups in total. The molecule has 1 aromatic carbocycles. The second-order valence-electron chi connectivity index (χ2n) is 6.62. The van der Waals surface area contributed by atoms with Gasteiger partial charge in [0, 0.05) is 18.4 Å². The molecule has 4 rings (SSSR count). The van der Waals surface area contributed by atoms with Gasteiger partial charge in [-0.2, -0.15) is 9.97 Å². The number of rotatable bonds is 8. The quantitative estimate of drug-likeness (QED) is 0.441. The van der Waals surface area contributed by atoms with Crippen LogP contribution in [0.1, 0.15) is 19.9 Å². The number of nitrogens with zero attached hydrogens (tertiary/aromatic N) is 6. The molecule has 148 valence electrons. The number of aromatic nitrogens is 6. The van der Waals surface area contributed by atoms with Gasteiger partial charge in [0.25, 0.3) is 0 Å². The van der Waals surface area contributed by atoms with Crippen molar-refractivity contribution in [1.82, 2.24) is 29.5 Å². The van der Waals surface area contributed by atoms with Crippen LogP contribution in [0, 0.1) is 0 Å². The Morgan fingerprint density at radius 1 is 1.07 bits per heavy atom. The topological polar surface area (TPSA) is 103 Å². The van der Waals surface area contributed by atoms with Gasteiger partial charge in [-0.3, -0.25) is 4.98 Å². The van der Waals surface area contributed by atoms with Crippen LogP contribution >= 0.6 is 0 Å². The van der Waals surface area contributed by atoms with E-state index in [2.05, 4.69) is 49.4 Å². The smallest absolute Gasteiger partial charge is 0.232 e. The maximum atomic E-state index is 5.74. The average molecular weight is 390 g/mol. The maximum Gasteiger partial charge on any atom is 0.232 e. The Hall–Kier alpha value is -3.75. The van der Waals surface area contributed by atoms with E-state index in [-0.39, 0.29) is 6.04 Å². The molecule has 0 radical (unpaired) electrons. The molecular weight excluding hydrogens is 368 g/mol. The first-order valence-electron chi connectivity index (χ1n) is 9.40. The third kappa shape index (κ3) is 4.40. The number of hydrogen-bond acceptors (Lipinski definition) is 8. The molecule has 0 bridgehead atoms. The van der Waals surface area contributed by atoms with Crippen LogP contribution < -0.4 is 15.4 Å². The molecule has 3 aromatic heterocycles. The molecule has 0 spiro atoms. The van der Waals surface area contributed by atoms with E-state index < -0.39 is 0 Å². The van der Waals surface area contributed by atoms with Gasteiger partial charge >= 0.3 is 0 Å². The fourth-order valence-electron chi connectivity index (χ4n) is 2.81. The molecule has 0 saturated carbocycles. The van der Waals surface area contributed by atoms with Crippen LogP contribution in [0.15, 0.2) is 55.2 Å². The van der Waals surface area contributed by atoms with E-state index in [9.17, 15) is 0 Å². The Morgan fingerprint density at radius 2 is 1.93 bits per heavy atom. The summed E-state index contributed by atoms with van der Waals surface area (Å²) < 4.78 is 7.75. The zero-order valence-electron chi connectivity index (χ0n) is 16.3. The highest BCUT2D eigenvalue weighted by Gasteiger charge is 2.15. The highest BCUT2D eigenvalue weighted by Crippen LogP contribution is 2.24. The van der Waals surface area contributed by atoms with Crippen molar-refractivity contribution in [2.75, 3.05) is 23.8 Å². The van der Waals surface area contributed by atoms with Crippen LogP contribution in [0.5, 0.6) is 5.75 Å². The summed E-state index contributed by atoms with van der Waals surface area (Å²) in [6, 6.07) is 9.92. The van der Waals surface area contributed by atoms with E-state index in [4.69, 9.17) is 4.74 Å². The number of benzene rings is 1. The third-order valence-corrected chi connectivity index (χ3v) is 4.19. The minimum absolute atomic E-state index is 0.216. The molecule has 4 aromatic rings. The zero-order valence-corrected chi connectivity index (χ0v) is 16.3. The van der Waals surface area contributed by atoms with E-state index in [0.717, 1.165) is 11.4 Å². The van der Waals surface area contributed by atoms with Crippen molar-refractivity contribution in [2.45, 2.75) is 19.9 Å². The molecular formula is C20H22N8O.